The number of hydrogen-bond donors (Lipinski definition) is 1. The number of hydrogen-bond acceptors (Lipinski definition) is 3. The predicted molar refractivity (Wildman–Crippen MR) is 101 cm³/mol. The van der Waals surface area contributed by atoms with Crippen molar-refractivity contribution in [2.75, 3.05) is 19.6 Å². The summed E-state index contributed by atoms with van der Waals surface area (Å²) in [6, 6.07) is 8.58. The van der Waals surface area contributed by atoms with Crippen molar-refractivity contribution in [1.82, 2.24) is 20.0 Å². The summed E-state index contributed by atoms with van der Waals surface area (Å²) < 4.78 is 1.99. The van der Waals surface area contributed by atoms with E-state index in [1.165, 1.54) is 11.3 Å². The van der Waals surface area contributed by atoms with Crippen molar-refractivity contribution in [3.8, 4) is 5.69 Å². The van der Waals surface area contributed by atoms with E-state index in [1.54, 1.807) is 0 Å². The van der Waals surface area contributed by atoms with Gasteiger partial charge in [-0.2, -0.15) is 5.10 Å². The molecule has 6 heteroatoms. The molecule has 1 aromatic carbocycles. The molecule has 134 valence electrons. The van der Waals surface area contributed by atoms with Gasteiger partial charge in [-0.25, -0.2) is 4.68 Å². The summed E-state index contributed by atoms with van der Waals surface area (Å²) in [5.41, 5.74) is 5.31. The van der Waals surface area contributed by atoms with E-state index in [0.29, 0.717) is 5.69 Å². The normalized spacial score (nSPS) is 19.4. The smallest absolute Gasteiger partial charge is 0.274 e. The van der Waals surface area contributed by atoms with Gasteiger partial charge in [-0.05, 0) is 45.2 Å². The lowest BCUT2D eigenvalue weighted by Gasteiger charge is -2.33. The number of amides is 1. The molecule has 1 aliphatic heterocycles. The van der Waals surface area contributed by atoms with E-state index < -0.39 is 0 Å². The van der Waals surface area contributed by atoms with Gasteiger partial charge >= 0.3 is 0 Å². The molecule has 25 heavy (non-hydrogen) atoms. The number of piperazine rings is 1. The van der Waals surface area contributed by atoms with E-state index in [-0.39, 0.29) is 24.4 Å². The molecule has 1 aromatic heterocycles. The van der Waals surface area contributed by atoms with Crippen LogP contribution in [0.3, 0.4) is 0 Å². The van der Waals surface area contributed by atoms with Gasteiger partial charge in [0, 0.05) is 36.9 Å². The summed E-state index contributed by atoms with van der Waals surface area (Å²) in [4.78, 5) is 15.1. The number of nitrogens with one attached hydrogen (secondary N) is 1. The monoisotopic (exact) mass is 360 g/mol. The summed E-state index contributed by atoms with van der Waals surface area (Å²) >= 11 is 0. The summed E-state index contributed by atoms with van der Waals surface area (Å²) in [6.45, 7) is 6.65. The van der Waals surface area contributed by atoms with Gasteiger partial charge in [0.2, 0.25) is 0 Å². The van der Waals surface area contributed by atoms with Crippen molar-refractivity contribution < 1.29 is 4.79 Å². The molecule has 0 saturated carbocycles. The average Bonchev–Trinajstić information content (AvgIpc) is 3.18. The second-order valence-electron chi connectivity index (χ2n) is 6.93. The Morgan fingerprint density at radius 1 is 1.24 bits per heavy atom. The van der Waals surface area contributed by atoms with Crippen molar-refractivity contribution in [2.45, 2.75) is 39.2 Å². The first-order valence-corrected chi connectivity index (χ1v) is 8.84. The van der Waals surface area contributed by atoms with Gasteiger partial charge in [-0.1, -0.05) is 17.7 Å². The predicted octanol–water partition coefficient (Wildman–Crippen LogP) is 2.53. The Kier molecular flexibility index (Phi) is 5.16. The van der Waals surface area contributed by atoms with Crippen LogP contribution in [0.5, 0.6) is 0 Å². The SMILES string of the molecule is Cc1ccc(-n2nc(C(=O)N3CCNCC3C)c3c2CCC3)cc1.Cl. The standard InChI is InChI=1S/C19H24N4O.ClH/c1-13-6-8-15(9-7-13)23-17-5-3-4-16(17)18(21-23)19(24)22-11-10-20-12-14(22)2;/h6-9,14,20H,3-5,10-12H2,1-2H3;1H. The number of nitrogens with zero attached hydrogens (tertiary/aromatic N) is 3. The van der Waals surface area contributed by atoms with Crippen molar-refractivity contribution in [1.29, 1.82) is 0 Å². The molecule has 0 radical (unpaired) electrons. The van der Waals surface area contributed by atoms with Crippen LogP contribution in [0.4, 0.5) is 0 Å². The number of halogens is 1. The van der Waals surface area contributed by atoms with Crippen LogP contribution in [-0.2, 0) is 12.8 Å². The van der Waals surface area contributed by atoms with Crippen molar-refractivity contribution in [2.24, 2.45) is 0 Å². The highest BCUT2D eigenvalue weighted by Crippen LogP contribution is 2.29. The number of carbonyl (C=O) groups excluding carboxylic acids is 1. The van der Waals surface area contributed by atoms with Crippen LogP contribution in [0.2, 0.25) is 0 Å². The van der Waals surface area contributed by atoms with E-state index in [4.69, 9.17) is 5.10 Å². The molecule has 2 heterocycles. The molecule has 1 saturated heterocycles. The van der Waals surface area contributed by atoms with Gasteiger partial charge in [0.1, 0.15) is 0 Å². The van der Waals surface area contributed by atoms with Crippen molar-refractivity contribution in [3.63, 3.8) is 0 Å². The second-order valence-corrected chi connectivity index (χ2v) is 6.93. The van der Waals surface area contributed by atoms with Crippen LogP contribution in [0, 0.1) is 6.92 Å². The first-order valence-electron chi connectivity index (χ1n) is 8.84. The van der Waals surface area contributed by atoms with Crippen LogP contribution in [0.15, 0.2) is 24.3 Å². The van der Waals surface area contributed by atoms with E-state index in [9.17, 15) is 4.79 Å². The molecule has 2 aromatic rings. The third kappa shape index (κ3) is 3.18. The maximum atomic E-state index is 13.1. The first-order chi connectivity index (χ1) is 11.6. The zero-order chi connectivity index (χ0) is 16.7. The number of rotatable bonds is 2. The Morgan fingerprint density at radius 3 is 2.72 bits per heavy atom. The summed E-state index contributed by atoms with van der Waals surface area (Å²) in [7, 11) is 0. The molecule has 1 amide bonds. The molecular weight excluding hydrogens is 336 g/mol. The zero-order valence-electron chi connectivity index (χ0n) is 14.8. The fourth-order valence-electron chi connectivity index (χ4n) is 3.79. The average molecular weight is 361 g/mol. The Labute approximate surface area is 154 Å². The molecule has 5 nitrogen and oxygen atoms in total. The van der Waals surface area contributed by atoms with Gasteiger partial charge in [0.05, 0.1) is 5.69 Å². The summed E-state index contributed by atoms with van der Waals surface area (Å²) in [5, 5.41) is 8.09. The third-order valence-corrected chi connectivity index (χ3v) is 5.17. The Hall–Kier alpha value is -1.85. The Morgan fingerprint density at radius 2 is 2.00 bits per heavy atom. The molecule has 1 N–H and O–H groups in total. The highest BCUT2D eigenvalue weighted by Gasteiger charge is 2.32. The van der Waals surface area contributed by atoms with Crippen molar-refractivity contribution >= 4 is 18.3 Å². The van der Waals surface area contributed by atoms with Crippen LogP contribution >= 0.6 is 12.4 Å². The number of aryl methyl sites for hydroxylation is 1. The van der Waals surface area contributed by atoms with E-state index in [0.717, 1.165) is 50.1 Å². The number of benzene rings is 1. The van der Waals surface area contributed by atoms with Gasteiger partial charge in [0.25, 0.3) is 5.91 Å². The topological polar surface area (TPSA) is 50.2 Å². The Balaban J connectivity index is 0.00000182. The molecule has 4 rings (SSSR count). The lowest BCUT2D eigenvalue weighted by Crippen LogP contribution is -2.52. The quantitative estimate of drug-likeness (QED) is 0.895. The lowest BCUT2D eigenvalue weighted by atomic mass is 10.1. The van der Waals surface area contributed by atoms with Crippen LogP contribution in [0.1, 0.15) is 40.7 Å². The second kappa shape index (κ2) is 7.18. The highest BCUT2D eigenvalue weighted by molar-refractivity contribution is 5.94. The largest absolute Gasteiger partial charge is 0.332 e. The zero-order valence-corrected chi connectivity index (χ0v) is 15.6. The molecule has 0 bridgehead atoms. The fourth-order valence-corrected chi connectivity index (χ4v) is 3.79. The van der Waals surface area contributed by atoms with E-state index in [2.05, 4.69) is 43.4 Å². The van der Waals surface area contributed by atoms with Gasteiger partial charge in [-0.3, -0.25) is 4.79 Å². The summed E-state index contributed by atoms with van der Waals surface area (Å²) in [5.74, 6) is 0.0908. The minimum absolute atomic E-state index is 0. The Bertz CT molecular complexity index is 768. The molecule has 1 atom stereocenters. The van der Waals surface area contributed by atoms with Gasteiger partial charge < -0.3 is 10.2 Å². The summed E-state index contributed by atoms with van der Waals surface area (Å²) in [6.07, 6.45) is 3.07. The number of carbonyl (C=O) groups is 1. The maximum Gasteiger partial charge on any atom is 0.274 e. The van der Waals surface area contributed by atoms with Gasteiger partial charge in [-0.15, -0.1) is 12.4 Å². The fraction of sp³-hybridized carbons (Fsp3) is 0.474. The molecule has 2 aliphatic rings. The van der Waals surface area contributed by atoms with Crippen molar-refractivity contribution in [3.05, 3.63) is 46.8 Å². The molecule has 0 spiro atoms. The maximum absolute atomic E-state index is 13.1. The van der Waals surface area contributed by atoms with Crippen LogP contribution in [-0.4, -0.2) is 46.3 Å². The molecule has 1 unspecified atom stereocenters. The minimum Gasteiger partial charge on any atom is -0.332 e. The molecule has 1 fully saturated rings. The lowest BCUT2D eigenvalue weighted by molar-refractivity contribution is 0.0648. The van der Waals surface area contributed by atoms with Crippen LogP contribution in [0.25, 0.3) is 5.69 Å². The minimum atomic E-state index is 0. The first kappa shape index (κ1) is 18.0. The van der Waals surface area contributed by atoms with E-state index >= 15 is 0 Å². The molecular formula is C19H25ClN4O. The highest BCUT2D eigenvalue weighted by atomic mass is 35.5. The number of fused-ring (bicyclic) bond motifs is 1. The number of aromatic nitrogens is 2. The van der Waals surface area contributed by atoms with Gasteiger partial charge in [0.15, 0.2) is 5.69 Å². The van der Waals surface area contributed by atoms with Crippen LogP contribution < -0.4 is 5.32 Å². The molecule has 1 aliphatic carbocycles. The van der Waals surface area contributed by atoms with E-state index in [1.807, 2.05) is 9.58 Å². The third-order valence-electron chi connectivity index (χ3n) is 5.17.